The van der Waals surface area contributed by atoms with Crippen molar-refractivity contribution in [2.24, 2.45) is 5.10 Å². The lowest BCUT2D eigenvalue weighted by molar-refractivity contribution is 0.0663. The van der Waals surface area contributed by atoms with Gasteiger partial charge in [0.15, 0.2) is 0 Å². The smallest absolute Gasteiger partial charge is 0.339 e. The summed E-state index contributed by atoms with van der Waals surface area (Å²) in [7, 11) is 4.16. The van der Waals surface area contributed by atoms with Crippen LogP contribution in [-0.4, -0.2) is 66.4 Å². The first-order valence-electron chi connectivity index (χ1n) is 11.0. The van der Waals surface area contributed by atoms with Crippen LogP contribution in [-0.2, 0) is 0 Å². The van der Waals surface area contributed by atoms with E-state index in [0.29, 0.717) is 23.0 Å². The number of rotatable bonds is 5. The van der Waals surface area contributed by atoms with E-state index < -0.39 is 6.03 Å². The Morgan fingerprint density at radius 1 is 1.03 bits per heavy atom. The van der Waals surface area contributed by atoms with Gasteiger partial charge in [-0.15, -0.1) is 5.10 Å². The highest BCUT2D eigenvalue weighted by Gasteiger charge is 2.25. The molecule has 0 radical (unpaired) electrons. The Morgan fingerprint density at radius 2 is 1.73 bits per heavy atom. The molecule has 1 saturated heterocycles. The molecule has 2 aromatic rings. The number of carbonyl (C=O) groups is 2. The number of hydrogen-bond donors (Lipinski definition) is 2. The average molecular weight is 448 g/mol. The van der Waals surface area contributed by atoms with Crippen LogP contribution in [0, 0.1) is 0 Å². The number of hydrazone groups is 1. The highest BCUT2D eigenvalue weighted by molar-refractivity contribution is 6.01. The molecule has 2 heterocycles. The van der Waals surface area contributed by atoms with Crippen molar-refractivity contribution < 1.29 is 9.59 Å². The molecule has 0 aromatic heterocycles. The lowest BCUT2D eigenvalue weighted by atomic mass is 10.0. The fourth-order valence-corrected chi connectivity index (χ4v) is 3.92. The molecule has 2 N–H and O–H groups in total. The number of likely N-dealkylation sites (tertiary alicyclic amines) is 1. The van der Waals surface area contributed by atoms with Gasteiger partial charge in [0.05, 0.1) is 11.9 Å². The van der Waals surface area contributed by atoms with Crippen LogP contribution < -0.4 is 15.8 Å². The number of benzene rings is 2. The Kier molecular flexibility index (Phi) is 6.89. The van der Waals surface area contributed by atoms with E-state index >= 15 is 0 Å². The Morgan fingerprint density at radius 3 is 2.33 bits per heavy atom. The minimum Gasteiger partial charge on any atom is -0.339 e. The fraction of sp³-hybridized carbons (Fsp3) is 0.292. The first kappa shape index (κ1) is 22.3. The maximum atomic E-state index is 13.1. The Bertz CT molecular complexity index is 1010. The summed E-state index contributed by atoms with van der Waals surface area (Å²) in [5.41, 5.74) is 4.76. The molecule has 0 spiro atoms. The maximum absolute atomic E-state index is 13.1. The van der Waals surface area contributed by atoms with E-state index in [1.807, 2.05) is 35.2 Å². The number of anilines is 2. The number of carbonyl (C=O) groups excluding carboxylic acids is 2. The van der Waals surface area contributed by atoms with Gasteiger partial charge >= 0.3 is 6.03 Å². The van der Waals surface area contributed by atoms with Crippen molar-refractivity contribution in [3.8, 4) is 0 Å². The fourth-order valence-electron chi connectivity index (χ4n) is 3.92. The quantitative estimate of drug-likeness (QED) is 0.736. The number of amides is 3. The van der Waals surface area contributed by atoms with Gasteiger partial charge in [0.1, 0.15) is 0 Å². The summed E-state index contributed by atoms with van der Waals surface area (Å²) in [4.78, 5) is 30.1. The van der Waals surface area contributed by atoms with E-state index in [0.717, 1.165) is 25.9 Å². The number of urea groups is 1. The molecule has 2 aliphatic rings. The summed E-state index contributed by atoms with van der Waals surface area (Å²) in [5.74, 6) is 0.0228. The van der Waals surface area contributed by atoms with E-state index in [2.05, 4.69) is 34.8 Å². The zero-order chi connectivity index (χ0) is 23.2. The second-order valence-corrected chi connectivity index (χ2v) is 8.18. The first-order valence-corrected chi connectivity index (χ1v) is 11.0. The number of nitrogens with zero attached hydrogens (tertiary/aromatic N) is 5. The molecule has 33 heavy (non-hydrogen) atoms. The van der Waals surface area contributed by atoms with Crippen LogP contribution in [0.3, 0.4) is 0 Å². The van der Waals surface area contributed by atoms with Gasteiger partial charge in [-0.3, -0.25) is 10.2 Å². The molecule has 0 atom stereocenters. The molecule has 0 aliphatic carbocycles. The highest BCUT2D eigenvalue weighted by atomic mass is 16.2. The summed E-state index contributed by atoms with van der Waals surface area (Å²) in [6.07, 6.45) is 6.95. The van der Waals surface area contributed by atoms with E-state index in [1.54, 1.807) is 42.8 Å². The van der Waals surface area contributed by atoms with Crippen molar-refractivity contribution in [2.75, 3.05) is 37.5 Å². The normalized spacial score (nSPS) is 16.0. The van der Waals surface area contributed by atoms with Crippen molar-refractivity contribution in [3.63, 3.8) is 0 Å². The highest BCUT2D eigenvalue weighted by Crippen LogP contribution is 2.20. The van der Waals surface area contributed by atoms with Crippen molar-refractivity contribution >= 4 is 29.5 Å². The van der Waals surface area contributed by atoms with Gasteiger partial charge in [-0.05, 0) is 69.4 Å². The molecular formula is C24H29N7O2. The van der Waals surface area contributed by atoms with Gasteiger partial charge in [0, 0.05) is 36.6 Å². The largest absolute Gasteiger partial charge is 0.348 e. The van der Waals surface area contributed by atoms with Crippen LogP contribution in [0.4, 0.5) is 16.2 Å². The number of nitrogens with one attached hydrogen (secondary N) is 2. The number of hydrogen-bond acceptors (Lipinski definition) is 6. The number of allylic oxidation sites excluding steroid dienone is 1. The lowest BCUT2D eigenvalue weighted by Gasteiger charge is -2.35. The Balaban J connectivity index is 1.42. The monoisotopic (exact) mass is 447 g/mol. The van der Waals surface area contributed by atoms with Crippen LogP contribution in [0.25, 0.3) is 0 Å². The molecule has 0 saturated carbocycles. The zero-order valence-corrected chi connectivity index (χ0v) is 18.9. The summed E-state index contributed by atoms with van der Waals surface area (Å²) in [6, 6.07) is 16.3. The summed E-state index contributed by atoms with van der Waals surface area (Å²) < 4.78 is 0. The third-order valence-corrected chi connectivity index (χ3v) is 5.80. The Hall–Kier alpha value is -3.85. The molecule has 9 nitrogen and oxygen atoms in total. The molecule has 172 valence electrons. The van der Waals surface area contributed by atoms with Crippen molar-refractivity contribution in [3.05, 3.63) is 72.4 Å². The second kappa shape index (κ2) is 10.2. The van der Waals surface area contributed by atoms with Crippen molar-refractivity contribution in [2.45, 2.75) is 18.9 Å². The summed E-state index contributed by atoms with van der Waals surface area (Å²) >= 11 is 0. The number of hydrazine groups is 2. The SMILES string of the molecule is CN(C)C1CCN(C(=O)c2ccc(NC(=O)N(c3ccccc3)N3N=CC=CN3)cc2)CC1. The summed E-state index contributed by atoms with van der Waals surface area (Å²) in [6.45, 7) is 1.51. The van der Waals surface area contributed by atoms with Crippen LogP contribution in [0.15, 0.2) is 72.0 Å². The average Bonchev–Trinajstić information content (AvgIpc) is 2.85. The number of piperidine rings is 1. The molecule has 1 fully saturated rings. The molecule has 0 unspecified atom stereocenters. The molecule has 4 rings (SSSR count). The van der Waals surface area contributed by atoms with Gasteiger partial charge in [-0.25, -0.2) is 4.79 Å². The molecule has 3 amide bonds. The van der Waals surface area contributed by atoms with Gasteiger partial charge in [-0.1, -0.05) is 23.4 Å². The minimum atomic E-state index is -0.397. The zero-order valence-electron chi connectivity index (χ0n) is 18.9. The van der Waals surface area contributed by atoms with Crippen LogP contribution in [0.5, 0.6) is 0 Å². The number of para-hydroxylation sites is 1. The molecular weight excluding hydrogens is 418 g/mol. The standard InChI is InChI=1S/C24H29N7O2/c1-28(2)21-13-17-29(18-14-21)23(32)19-9-11-20(12-10-19)27-24(33)30(22-7-4-3-5-8-22)31-25-15-6-16-26-31/h3-12,15-16,21,25H,13-14,17-18H2,1-2H3,(H,27,33). The van der Waals surface area contributed by atoms with Gasteiger partial charge in [0.2, 0.25) is 0 Å². The molecule has 0 bridgehead atoms. The van der Waals surface area contributed by atoms with Gasteiger partial charge < -0.3 is 15.1 Å². The van der Waals surface area contributed by atoms with Crippen LogP contribution >= 0.6 is 0 Å². The second-order valence-electron chi connectivity index (χ2n) is 8.18. The van der Waals surface area contributed by atoms with Gasteiger partial charge in [0.25, 0.3) is 5.91 Å². The molecule has 9 heteroatoms. The molecule has 2 aromatic carbocycles. The maximum Gasteiger partial charge on any atom is 0.348 e. The predicted molar refractivity (Wildman–Crippen MR) is 130 cm³/mol. The molecule has 2 aliphatic heterocycles. The van der Waals surface area contributed by atoms with Crippen LogP contribution in [0.1, 0.15) is 23.2 Å². The lowest BCUT2D eigenvalue weighted by Crippen LogP contribution is -2.51. The summed E-state index contributed by atoms with van der Waals surface area (Å²) in [5, 5.41) is 9.81. The third-order valence-electron chi connectivity index (χ3n) is 5.80. The van der Waals surface area contributed by atoms with Crippen LogP contribution in [0.2, 0.25) is 0 Å². The topological polar surface area (TPSA) is 83.5 Å². The van der Waals surface area contributed by atoms with E-state index in [1.165, 1.54) is 10.2 Å². The van der Waals surface area contributed by atoms with Crippen molar-refractivity contribution in [1.82, 2.24) is 20.5 Å². The van der Waals surface area contributed by atoms with E-state index in [4.69, 9.17) is 0 Å². The Labute approximate surface area is 193 Å². The van der Waals surface area contributed by atoms with E-state index in [-0.39, 0.29) is 5.91 Å². The van der Waals surface area contributed by atoms with E-state index in [9.17, 15) is 9.59 Å². The minimum absolute atomic E-state index is 0.0228. The van der Waals surface area contributed by atoms with Crippen molar-refractivity contribution in [1.29, 1.82) is 0 Å². The van der Waals surface area contributed by atoms with Gasteiger partial charge in [-0.2, -0.15) is 5.01 Å². The third kappa shape index (κ3) is 5.32. The first-order chi connectivity index (χ1) is 16.0. The predicted octanol–water partition coefficient (Wildman–Crippen LogP) is 3.13.